The Bertz CT molecular complexity index is 808. The molecule has 1 aromatic heterocycles. The minimum Gasteiger partial charge on any atom is -0.692 e. The van der Waals surface area contributed by atoms with Crippen LogP contribution in [0.1, 0.15) is 5.56 Å². The third kappa shape index (κ3) is 1.76. The Kier molecular flexibility index (Phi) is 2.60. The van der Waals surface area contributed by atoms with Gasteiger partial charge in [-0.1, -0.05) is 23.8 Å². The predicted octanol–water partition coefficient (Wildman–Crippen LogP) is 1.88. The van der Waals surface area contributed by atoms with Crippen LogP contribution in [0.15, 0.2) is 42.5 Å². The van der Waals surface area contributed by atoms with Gasteiger partial charge < -0.3 is 5.21 Å². The summed E-state index contributed by atoms with van der Waals surface area (Å²) in [6.45, 7) is 1.93. The molecule has 0 saturated carbocycles. The van der Waals surface area contributed by atoms with Crippen molar-refractivity contribution in [2.24, 2.45) is 0 Å². The normalized spacial score (nSPS) is 10.8. The Balaban J connectivity index is 2.28. The van der Waals surface area contributed by atoms with Gasteiger partial charge in [0.2, 0.25) is 5.52 Å². The number of nitro groups is 1. The van der Waals surface area contributed by atoms with Crippen molar-refractivity contribution in [3.8, 4) is 5.69 Å². The summed E-state index contributed by atoms with van der Waals surface area (Å²) in [4.78, 5) is 12.1. The third-order valence-electron chi connectivity index (χ3n) is 3.03. The Morgan fingerprint density at radius 1 is 1.20 bits per heavy atom. The number of hydrogen-bond acceptors (Lipinski definition) is 4. The molecule has 0 amide bonds. The van der Waals surface area contributed by atoms with E-state index in [4.69, 9.17) is 0 Å². The second-order valence-electron chi connectivity index (χ2n) is 4.40. The number of fused-ring (bicyclic) bond motifs is 1. The van der Waals surface area contributed by atoms with Crippen LogP contribution < -0.4 is 4.85 Å². The van der Waals surface area contributed by atoms with Crippen LogP contribution in [0.2, 0.25) is 0 Å². The molecule has 0 spiro atoms. The second kappa shape index (κ2) is 4.30. The average molecular weight is 270 g/mol. The molecule has 3 rings (SSSR count). The Morgan fingerprint density at radius 2 is 1.90 bits per heavy atom. The topological polar surface area (TPSA) is 87.9 Å². The molecule has 7 nitrogen and oxygen atoms in total. The van der Waals surface area contributed by atoms with Crippen LogP contribution in [0, 0.1) is 22.2 Å². The highest BCUT2D eigenvalue weighted by atomic mass is 16.6. The lowest BCUT2D eigenvalue weighted by Gasteiger charge is -2.03. The summed E-state index contributed by atoms with van der Waals surface area (Å²) in [5, 5.41) is 27.2. The Labute approximate surface area is 113 Å². The molecule has 1 heterocycles. The van der Waals surface area contributed by atoms with Crippen LogP contribution in [0.4, 0.5) is 5.69 Å². The van der Waals surface area contributed by atoms with Crippen molar-refractivity contribution < 1.29 is 9.77 Å². The lowest BCUT2D eigenvalue weighted by Crippen LogP contribution is -2.37. The van der Waals surface area contributed by atoms with Crippen molar-refractivity contribution in [2.45, 2.75) is 6.92 Å². The quantitative estimate of drug-likeness (QED) is 0.308. The maximum atomic E-state index is 12.2. The van der Waals surface area contributed by atoms with Gasteiger partial charge in [-0.15, -0.1) is 4.85 Å². The summed E-state index contributed by atoms with van der Waals surface area (Å²) in [5.74, 6) is 0. The zero-order valence-electron chi connectivity index (χ0n) is 10.6. The van der Waals surface area contributed by atoms with Crippen molar-refractivity contribution >= 4 is 16.7 Å². The van der Waals surface area contributed by atoms with Crippen molar-refractivity contribution in [1.29, 1.82) is 0 Å². The minimum absolute atomic E-state index is 0.0769. The molecule has 0 radical (unpaired) electrons. The van der Waals surface area contributed by atoms with E-state index in [2.05, 4.69) is 5.10 Å². The second-order valence-corrected chi connectivity index (χ2v) is 4.40. The van der Waals surface area contributed by atoms with E-state index < -0.39 is 4.92 Å². The van der Waals surface area contributed by atoms with E-state index >= 15 is 0 Å². The number of aryl methyl sites for hydroxylation is 1. The highest BCUT2D eigenvalue weighted by molar-refractivity contribution is 5.81. The van der Waals surface area contributed by atoms with Crippen LogP contribution in [-0.2, 0) is 0 Å². The molecule has 0 fully saturated rings. The highest BCUT2D eigenvalue weighted by Gasteiger charge is 2.25. The summed E-state index contributed by atoms with van der Waals surface area (Å²) in [6, 6.07) is 11.5. The first-order chi connectivity index (χ1) is 9.58. The van der Waals surface area contributed by atoms with E-state index in [9.17, 15) is 15.3 Å². The number of aromatic nitrogens is 3. The van der Waals surface area contributed by atoms with Crippen LogP contribution in [-0.4, -0.2) is 14.8 Å². The van der Waals surface area contributed by atoms with Gasteiger partial charge in [-0.3, -0.25) is 10.1 Å². The molecule has 0 bridgehead atoms. The van der Waals surface area contributed by atoms with Gasteiger partial charge in [-0.05, 0) is 29.9 Å². The first kappa shape index (κ1) is 12.1. The number of nitrogens with zero attached hydrogens (tertiary/aromatic N) is 4. The summed E-state index contributed by atoms with van der Waals surface area (Å²) in [7, 11) is 0. The molecule has 0 aliphatic rings. The first-order valence-electron chi connectivity index (χ1n) is 5.91. The van der Waals surface area contributed by atoms with Crippen LogP contribution >= 0.6 is 0 Å². The van der Waals surface area contributed by atoms with E-state index in [-0.39, 0.29) is 16.7 Å². The molecule has 7 heteroatoms. The van der Waals surface area contributed by atoms with E-state index in [1.165, 1.54) is 18.2 Å². The molecule has 0 unspecified atom stereocenters. The van der Waals surface area contributed by atoms with Gasteiger partial charge in [-0.2, -0.15) is 0 Å². The summed E-state index contributed by atoms with van der Waals surface area (Å²) in [6.07, 6.45) is 0. The first-order valence-corrected chi connectivity index (χ1v) is 5.91. The molecule has 3 aromatic rings. The fraction of sp³-hybridized carbons (Fsp3) is 0.0769. The molecular formula is C13H10N4O3. The fourth-order valence-electron chi connectivity index (χ4n) is 2.00. The summed E-state index contributed by atoms with van der Waals surface area (Å²) < 4.78 is 0. The Hall–Kier alpha value is -2.96. The largest absolute Gasteiger partial charge is 0.692 e. The van der Waals surface area contributed by atoms with Gasteiger partial charge in [0.15, 0.2) is 0 Å². The van der Waals surface area contributed by atoms with E-state index in [1.807, 2.05) is 19.1 Å². The Morgan fingerprint density at radius 3 is 2.55 bits per heavy atom. The smallest absolute Gasteiger partial charge is 0.327 e. The molecule has 0 saturated heterocycles. The van der Waals surface area contributed by atoms with Crippen LogP contribution in [0.25, 0.3) is 16.7 Å². The van der Waals surface area contributed by atoms with E-state index in [1.54, 1.807) is 12.1 Å². The molecule has 2 aromatic carbocycles. The SMILES string of the molecule is Cc1ccc(-n2nc3c([N+](=O)[O-])cccc3[n+]2[O-])cc1. The third-order valence-corrected chi connectivity index (χ3v) is 3.03. The number of nitro benzene ring substituents is 1. The summed E-state index contributed by atoms with van der Waals surface area (Å²) in [5.41, 5.74) is 1.66. The van der Waals surface area contributed by atoms with Crippen molar-refractivity contribution in [2.75, 3.05) is 0 Å². The predicted molar refractivity (Wildman–Crippen MR) is 71.4 cm³/mol. The number of non-ortho nitro benzene ring substituents is 1. The van der Waals surface area contributed by atoms with Crippen molar-refractivity contribution in [1.82, 2.24) is 9.90 Å². The number of rotatable bonds is 2. The van der Waals surface area contributed by atoms with Gasteiger partial charge in [0.1, 0.15) is 5.69 Å². The molecule has 20 heavy (non-hydrogen) atoms. The summed E-state index contributed by atoms with van der Waals surface area (Å²) >= 11 is 0. The zero-order chi connectivity index (χ0) is 14.3. The van der Waals surface area contributed by atoms with Gasteiger partial charge in [-0.25, -0.2) is 0 Å². The van der Waals surface area contributed by atoms with Crippen LogP contribution in [0.3, 0.4) is 0 Å². The molecular weight excluding hydrogens is 260 g/mol. The van der Waals surface area contributed by atoms with Gasteiger partial charge in [0, 0.05) is 6.07 Å². The number of hydrogen-bond donors (Lipinski definition) is 0. The molecule has 0 N–H and O–H groups in total. The molecule has 0 aliphatic heterocycles. The average Bonchev–Trinajstić information content (AvgIpc) is 2.77. The van der Waals surface area contributed by atoms with Gasteiger partial charge >= 0.3 is 11.2 Å². The maximum absolute atomic E-state index is 12.2. The monoisotopic (exact) mass is 270 g/mol. The fourth-order valence-corrected chi connectivity index (χ4v) is 2.00. The van der Waals surface area contributed by atoms with Gasteiger partial charge in [0.25, 0.3) is 0 Å². The number of benzene rings is 2. The zero-order valence-corrected chi connectivity index (χ0v) is 10.6. The molecule has 0 atom stereocenters. The van der Waals surface area contributed by atoms with E-state index in [0.717, 1.165) is 10.4 Å². The molecule has 100 valence electrons. The lowest BCUT2D eigenvalue weighted by atomic mass is 10.2. The standard InChI is InChI=1S/C13H10N4O3/c1-9-5-7-10(8-6-9)15-14-13-11(16(15)18)3-2-4-12(13)17(19)20/h2-8H,1H3. The highest BCUT2D eigenvalue weighted by Crippen LogP contribution is 2.21. The van der Waals surface area contributed by atoms with Gasteiger partial charge in [0.05, 0.1) is 10.0 Å². The minimum atomic E-state index is -0.547. The lowest BCUT2D eigenvalue weighted by molar-refractivity contribution is -0.664. The van der Waals surface area contributed by atoms with Crippen LogP contribution in [0.5, 0.6) is 0 Å². The molecule has 0 aliphatic carbocycles. The van der Waals surface area contributed by atoms with E-state index in [0.29, 0.717) is 10.5 Å². The maximum Gasteiger partial charge on any atom is 0.327 e. The van der Waals surface area contributed by atoms with Crippen molar-refractivity contribution in [3.05, 3.63) is 63.3 Å². The van der Waals surface area contributed by atoms with Crippen molar-refractivity contribution in [3.63, 3.8) is 0 Å².